The monoisotopic (exact) mass is 939 g/mol. The van der Waals surface area contributed by atoms with Gasteiger partial charge in [0.1, 0.15) is 0 Å². The molecule has 0 N–H and O–H groups in total. The Bertz CT molecular complexity index is 3080. The van der Waals surface area contributed by atoms with Crippen molar-refractivity contribution in [3.63, 3.8) is 0 Å². The molecule has 2 aliphatic rings. The Hall–Kier alpha value is -6.05. The third-order valence-electron chi connectivity index (χ3n) is 12.6. The molecule has 7 aromatic rings. The average Bonchev–Trinajstić information content (AvgIpc) is 3.87. The van der Waals surface area contributed by atoms with Gasteiger partial charge in [-0.15, -0.1) is 11.3 Å². The van der Waals surface area contributed by atoms with Crippen LogP contribution in [0.4, 0.5) is 22.0 Å². The summed E-state index contributed by atoms with van der Waals surface area (Å²) in [5.74, 6) is -9.86. The van der Waals surface area contributed by atoms with Crippen LogP contribution >= 0.6 is 11.3 Å². The van der Waals surface area contributed by atoms with Crippen LogP contribution in [0.25, 0.3) is 61.4 Å². The standard InChI is InChI=1S/C34H24F5N.C21H24S.3C2H6/c1-17-9-5-6-10-21(17)27-18(2)13-14-23-22-11-7-8-12-25(22)40(34(23)27)26-16-20(4)19(3)15-24(26)28-29(35)31(37)33(39)32(38)30(28)36;1-5-6-11-19-16(4)21-15(3)18(12-13-20(21)22-19)17-10-8-7-9-14(17)2;3*1-2/h5-16H,1-4H3;5-6,8,10-11H,1,7,9,12-13H2,2-4H3;3*1-2H3/b;11-6-;;;. The van der Waals surface area contributed by atoms with Crippen LogP contribution in [-0.4, -0.2) is 4.57 Å². The zero-order chi connectivity index (χ0) is 50.1. The lowest BCUT2D eigenvalue weighted by Crippen LogP contribution is -2.07. The molecule has 9 rings (SSSR count). The lowest BCUT2D eigenvalue weighted by Gasteiger charge is -2.23. The predicted octanol–water partition coefficient (Wildman–Crippen LogP) is 19.8. The van der Waals surface area contributed by atoms with Crippen LogP contribution < -0.4 is 0 Å². The van der Waals surface area contributed by atoms with Crippen molar-refractivity contribution in [2.75, 3.05) is 0 Å². The molecule has 0 spiro atoms. The molecule has 68 heavy (non-hydrogen) atoms. The van der Waals surface area contributed by atoms with E-state index in [1.807, 2.05) is 151 Å². The van der Waals surface area contributed by atoms with E-state index in [1.54, 1.807) is 29.0 Å². The Kier molecular flexibility index (Phi) is 18.1. The van der Waals surface area contributed by atoms with E-state index in [0.717, 1.165) is 49.6 Å². The third kappa shape index (κ3) is 9.92. The fraction of sp³-hybridized carbons (Fsp3) is 0.279. The Morgan fingerprint density at radius 1 is 0.588 bits per heavy atom. The van der Waals surface area contributed by atoms with Crippen molar-refractivity contribution < 1.29 is 22.0 Å². The topological polar surface area (TPSA) is 4.93 Å². The summed E-state index contributed by atoms with van der Waals surface area (Å²) in [5.41, 5.74) is 15.2. The molecule has 7 heteroatoms. The van der Waals surface area contributed by atoms with E-state index in [0.29, 0.717) is 11.3 Å². The molecule has 0 saturated carbocycles. The van der Waals surface area contributed by atoms with Crippen molar-refractivity contribution in [3.05, 3.63) is 193 Å². The smallest absolute Gasteiger partial charge is 0.200 e. The lowest BCUT2D eigenvalue weighted by molar-refractivity contribution is 0.381. The molecule has 0 saturated heterocycles. The molecule has 0 amide bonds. The normalized spacial score (nSPS) is 13.0. The first kappa shape index (κ1) is 52.9. The molecule has 0 radical (unpaired) electrons. The largest absolute Gasteiger partial charge is 0.308 e. The molecule has 0 atom stereocenters. The van der Waals surface area contributed by atoms with Gasteiger partial charge in [0.25, 0.3) is 0 Å². The summed E-state index contributed by atoms with van der Waals surface area (Å²) in [7, 11) is 0. The second kappa shape index (κ2) is 23.3. The van der Waals surface area contributed by atoms with Crippen LogP contribution in [0.15, 0.2) is 120 Å². The lowest BCUT2D eigenvalue weighted by atomic mass is 9.82. The maximum Gasteiger partial charge on any atom is 0.200 e. The number of aryl methyl sites for hydroxylation is 5. The first-order valence-corrected chi connectivity index (χ1v) is 24.8. The molecule has 0 bridgehead atoms. The highest BCUT2D eigenvalue weighted by Crippen LogP contribution is 2.46. The second-order valence-corrected chi connectivity index (χ2v) is 17.6. The maximum atomic E-state index is 15.3. The summed E-state index contributed by atoms with van der Waals surface area (Å²) in [5, 5.41) is 1.80. The van der Waals surface area contributed by atoms with Gasteiger partial charge in [0.05, 0.1) is 22.3 Å². The summed E-state index contributed by atoms with van der Waals surface area (Å²) in [6.07, 6.45) is 15.5. The van der Waals surface area contributed by atoms with Crippen molar-refractivity contribution in [2.24, 2.45) is 0 Å². The van der Waals surface area contributed by atoms with Gasteiger partial charge >= 0.3 is 0 Å². The number of para-hydroxylation sites is 1. The molecule has 5 aromatic carbocycles. The van der Waals surface area contributed by atoms with Crippen LogP contribution in [-0.2, 0) is 6.42 Å². The highest BCUT2D eigenvalue weighted by Gasteiger charge is 2.30. The molecular weight excluding hydrogens is 874 g/mol. The molecule has 0 aliphatic heterocycles. The molecular formula is C61H66F5NS. The molecule has 356 valence electrons. The SMILES string of the molecule is C=C/C=C\c1sc2c(c1C)C(C)=C(C1=C(C)CCC=C1)CC2.CC.CC.CC.Cc1cc(-c2c(F)c(F)c(F)c(F)c2F)c(-n2c3ccccc3c3ccc(C)c(-c4ccccc4C)c32)cc1C. The zero-order valence-corrected chi connectivity index (χ0v) is 42.9. The van der Waals surface area contributed by atoms with E-state index in [9.17, 15) is 13.2 Å². The Morgan fingerprint density at radius 3 is 1.85 bits per heavy atom. The number of hydrogen-bond donors (Lipinski definition) is 0. The molecule has 2 aliphatic carbocycles. The number of hydrogen-bond acceptors (Lipinski definition) is 1. The first-order valence-electron chi connectivity index (χ1n) is 23.9. The van der Waals surface area contributed by atoms with Crippen molar-refractivity contribution in [3.8, 4) is 27.9 Å². The number of thiophene rings is 1. The summed E-state index contributed by atoms with van der Waals surface area (Å²) in [4.78, 5) is 2.94. The summed E-state index contributed by atoms with van der Waals surface area (Å²) >= 11 is 1.95. The number of nitrogens with zero attached hydrogens (tertiary/aromatic N) is 1. The van der Waals surface area contributed by atoms with E-state index < -0.39 is 34.6 Å². The maximum absolute atomic E-state index is 15.3. The fourth-order valence-corrected chi connectivity index (χ4v) is 10.5. The number of fused-ring (bicyclic) bond motifs is 4. The van der Waals surface area contributed by atoms with Crippen LogP contribution in [0.2, 0.25) is 0 Å². The number of allylic oxidation sites excluding steroid dienone is 8. The van der Waals surface area contributed by atoms with Gasteiger partial charge < -0.3 is 4.57 Å². The van der Waals surface area contributed by atoms with Gasteiger partial charge in [-0.1, -0.05) is 133 Å². The minimum absolute atomic E-state index is 0.0872. The summed E-state index contributed by atoms with van der Waals surface area (Å²) in [6, 6.07) is 22.8. The highest BCUT2D eigenvalue weighted by atomic mass is 32.1. The van der Waals surface area contributed by atoms with E-state index in [2.05, 4.69) is 45.6 Å². The van der Waals surface area contributed by atoms with Crippen molar-refractivity contribution in [2.45, 2.75) is 116 Å². The van der Waals surface area contributed by atoms with Gasteiger partial charge in [0.2, 0.25) is 5.82 Å². The van der Waals surface area contributed by atoms with Crippen LogP contribution in [0.5, 0.6) is 0 Å². The van der Waals surface area contributed by atoms with Gasteiger partial charge in [-0.05, 0) is 154 Å². The zero-order valence-electron chi connectivity index (χ0n) is 42.1. The highest BCUT2D eigenvalue weighted by molar-refractivity contribution is 7.13. The van der Waals surface area contributed by atoms with Crippen molar-refractivity contribution in [1.29, 1.82) is 0 Å². The predicted molar refractivity (Wildman–Crippen MR) is 285 cm³/mol. The van der Waals surface area contributed by atoms with Crippen molar-refractivity contribution >= 4 is 44.8 Å². The van der Waals surface area contributed by atoms with E-state index in [-0.39, 0.29) is 5.56 Å². The van der Waals surface area contributed by atoms with Crippen LogP contribution in [0.1, 0.15) is 118 Å². The van der Waals surface area contributed by atoms with E-state index in [4.69, 9.17) is 0 Å². The summed E-state index contributed by atoms with van der Waals surface area (Å²) < 4.78 is 75.5. The fourth-order valence-electron chi connectivity index (χ4n) is 9.25. The molecule has 2 aromatic heterocycles. The Balaban J connectivity index is 0.000000261. The quantitative estimate of drug-likeness (QED) is 0.0678. The first-order chi connectivity index (χ1) is 32.7. The molecule has 0 fully saturated rings. The Morgan fingerprint density at radius 2 is 1.21 bits per heavy atom. The average molecular weight is 940 g/mol. The number of aromatic nitrogens is 1. The van der Waals surface area contributed by atoms with Gasteiger partial charge in [-0.3, -0.25) is 0 Å². The van der Waals surface area contributed by atoms with Gasteiger partial charge in [-0.2, -0.15) is 0 Å². The van der Waals surface area contributed by atoms with Crippen molar-refractivity contribution in [1.82, 2.24) is 4.57 Å². The molecule has 0 unspecified atom stereocenters. The van der Waals surface area contributed by atoms with Gasteiger partial charge in [-0.25, -0.2) is 22.0 Å². The van der Waals surface area contributed by atoms with Crippen LogP contribution in [0, 0.1) is 63.7 Å². The third-order valence-corrected chi connectivity index (χ3v) is 13.9. The number of benzene rings is 5. The number of rotatable bonds is 6. The Labute approximate surface area is 405 Å². The number of halogens is 5. The minimum atomic E-state index is -2.18. The minimum Gasteiger partial charge on any atom is -0.308 e. The van der Waals surface area contributed by atoms with Gasteiger partial charge in [0, 0.05) is 31.7 Å². The molecule has 2 heterocycles. The van der Waals surface area contributed by atoms with Gasteiger partial charge in [0.15, 0.2) is 23.3 Å². The second-order valence-electron chi connectivity index (χ2n) is 16.4. The van der Waals surface area contributed by atoms with E-state index in [1.165, 1.54) is 58.9 Å². The van der Waals surface area contributed by atoms with E-state index >= 15 is 8.78 Å². The summed E-state index contributed by atoms with van der Waals surface area (Å²) in [6.45, 7) is 30.3. The molecule has 1 nitrogen and oxygen atoms in total. The van der Waals surface area contributed by atoms with Crippen LogP contribution in [0.3, 0.4) is 0 Å².